The van der Waals surface area contributed by atoms with Gasteiger partial charge in [0.15, 0.2) is 0 Å². The van der Waals surface area contributed by atoms with Gasteiger partial charge < -0.3 is 4.90 Å². The summed E-state index contributed by atoms with van der Waals surface area (Å²) in [6.45, 7) is -0.651. The summed E-state index contributed by atoms with van der Waals surface area (Å²) < 4.78 is 130. The minimum Gasteiger partial charge on any atom is -0.305 e. The predicted octanol–water partition coefficient (Wildman–Crippen LogP) is 6.33. The Morgan fingerprint density at radius 2 is 1.41 bits per heavy atom. The molecule has 2 aromatic rings. The Kier molecular flexibility index (Phi) is 8.15. The first-order chi connectivity index (χ1) is 15.3. The number of hydrogen-bond acceptors (Lipinski definition) is 3. The van der Waals surface area contributed by atoms with Gasteiger partial charge in [0.05, 0.1) is 17.0 Å². The molecule has 0 aromatic heterocycles. The number of rotatable bonds is 6. The van der Waals surface area contributed by atoms with Crippen molar-refractivity contribution in [2.24, 2.45) is 0 Å². The van der Waals surface area contributed by atoms with E-state index in [1.807, 2.05) is 0 Å². The highest BCUT2D eigenvalue weighted by Crippen LogP contribution is 2.54. The van der Waals surface area contributed by atoms with Crippen molar-refractivity contribution < 1.29 is 48.3 Å². The first-order valence-electron chi connectivity index (χ1n) is 8.87. The Bertz CT molecular complexity index is 1160. The number of carbonyl (C=O) groups excluding carboxylic acids is 1. The van der Waals surface area contributed by atoms with Crippen LogP contribution in [0.25, 0.3) is 0 Å². The van der Waals surface area contributed by atoms with E-state index in [1.54, 1.807) is 0 Å². The van der Waals surface area contributed by atoms with Gasteiger partial charge in [0, 0.05) is 27.3 Å². The number of benzene rings is 2. The lowest BCUT2D eigenvalue weighted by Crippen LogP contribution is -2.50. The second kappa shape index (κ2) is 9.72. The zero-order valence-corrected chi connectivity index (χ0v) is 20.7. The van der Waals surface area contributed by atoms with E-state index in [0.29, 0.717) is 4.90 Å². The van der Waals surface area contributed by atoms with Gasteiger partial charge in [0.1, 0.15) is 15.7 Å². The molecular weight excluding hydrogens is 634 g/mol. The average molecular weight is 647 g/mol. The Morgan fingerprint density at radius 1 is 0.941 bits per heavy atom. The van der Waals surface area contributed by atoms with Crippen LogP contribution in [-0.4, -0.2) is 45.2 Å². The van der Waals surface area contributed by atoms with Crippen molar-refractivity contribution in [3.8, 4) is 0 Å². The lowest BCUT2D eigenvalue weighted by molar-refractivity contribution is -0.348. The average Bonchev–Trinajstić information content (AvgIpc) is 2.66. The number of halogens is 10. The van der Waals surface area contributed by atoms with E-state index < -0.39 is 77.6 Å². The minimum absolute atomic E-state index is 0.170. The molecule has 0 saturated carbocycles. The summed E-state index contributed by atoms with van der Waals surface area (Å²) >= 11 is 5.47. The smallest absolute Gasteiger partial charge is 0.305 e. The molecule has 0 heterocycles. The third kappa shape index (κ3) is 5.73. The normalized spacial score (nSPS) is 13.1. The van der Waals surface area contributed by atoms with Crippen LogP contribution in [0, 0.1) is 5.82 Å². The summed E-state index contributed by atoms with van der Waals surface area (Å²) in [5.41, 5.74) is -8.59. The quantitative estimate of drug-likeness (QED) is 0.345. The molecule has 34 heavy (non-hydrogen) atoms. The fourth-order valence-electron chi connectivity index (χ4n) is 2.86. The van der Waals surface area contributed by atoms with Crippen LogP contribution in [0.15, 0.2) is 45.3 Å². The van der Waals surface area contributed by atoms with E-state index in [-0.39, 0.29) is 12.1 Å². The summed E-state index contributed by atoms with van der Waals surface area (Å²) in [5.74, 6) is -2.85. The van der Waals surface area contributed by atoms with Gasteiger partial charge in [-0.1, -0.05) is 12.1 Å². The van der Waals surface area contributed by atoms with Crippen LogP contribution in [0.2, 0.25) is 0 Å². The summed E-state index contributed by atoms with van der Waals surface area (Å²) in [6.07, 6.45) is -12.0. The number of nitrogens with zero attached hydrogens (tertiary/aromatic N) is 1. The fraction of sp³-hybridized carbons (Fsp3) is 0.316. The molecule has 4 nitrogen and oxygen atoms in total. The van der Waals surface area contributed by atoms with E-state index in [4.69, 9.17) is 0 Å². The minimum atomic E-state index is -6.38. The summed E-state index contributed by atoms with van der Waals surface area (Å²) in [7, 11) is -3.72. The maximum atomic E-state index is 14.5. The van der Waals surface area contributed by atoms with E-state index in [9.17, 15) is 48.3 Å². The Hall–Kier alpha value is -1.74. The van der Waals surface area contributed by atoms with Crippen LogP contribution in [0.3, 0.4) is 0 Å². The summed E-state index contributed by atoms with van der Waals surface area (Å²) in [4.78, 5) is 13.6. The number of amides is 1. The molecule has 0 unspecified atom stereocenters. The zero-order chi connectivity index (χ0) is 26.3. The monoisotopic (exact) mass is 645 g/mol. The SMILES string of the molecule is CS(=O)(=O)CCN(C(=O)c1ccccc1F)c1c(Br)cc(C(F)(C(F)(F)F)C(F)(F)F)cc1Br. The zero-order valence-electron chi connectivity index (χ0n) is 16.7. The van der Waals surface area contributed by atoms with Crippen LogP contribution < -0.4 is 4.90 Å². The molecule has 15 heteroatoms. The molecule has 0 spiro atoms. The van der Waals surface area contributed by atoms with Gasteiger partial charge in [0.25, 0.3) is 5.91 Å². The van der Waals surface area contributed by atoms with Crippen molar-refractivity contribution in [1.82, 2.24) is 0 Å². The summed E-state index contributed by atoms with van der Waals surface area (Å²) in [5, 5.41) is 0. The maximum Gasteiger partial charge on any atom is 0.435 e. The van der Waals surface area contributed by atoms with E-state index in [2.05, 4.69) is 31.9 Å². The van der Waals surface area contributed by atoms with E-state index in [1.165, 1.54) is 12.1 Å². The molecule has 0 N–H and O–H groups in total. The highest BCUT2D eigenvalue weighted by atomic mass is 79.9. The van der Waals surface area contributed by atoms with Crippen molar-refractivity contribution in [3.05, 3.63) is 62.3 Å². The predicted molar refractivity (Wildman–Crippen MR) is 115 cm³/mol. The van der Waals surface area contributed by atoms with Crippen LogP contribution in [0.5, 0.6) is 0 Å². The molecule has 0 aliphatic rings. The number of alkyl halides is 7. The number of anilines is 1. The van der Waals surface area contributed by atoms with Crippen molar-refractivity contribution >= 4 is 53.3 Å². The third-order valence-electron chi connectivity index (χ3n) is 4.50. The van der Waals surface area contributed by atoms with Crippen LogP contribution >= 0.6 is 31.9 Å². The van der Waals surface area contributed by atoms with Gasteiger partial charge in [-0.2, -0.15) is 26.3 Å². The molecule has 0 aliphatic carbocycles. The highest BCUT2D eigenvalue weighted by Gasteiger charge is 2.73. The Morgan fingerprint density at radius 3 is 1.82 bits per heavy atom. The van der Waals surface area contributed by atoms with Gasteiger partial charge in [-0.15, -0.1) is 0 Å². The second-order valence-corrected chi connectivity index (χ2v) is 11.0. The van der Waals surface area contributed by atoms with E-state index >= 15 is 0 Å². The molecule has 2 rings (SSSR count). The number of carbonyl (C=O) groups is 1. The second-order valence-electron chi connectivity index (χ2n) is 7.01. The molecule has 0 bridgehead atoms. The lowest BCUT2D eigenvalue weighted by atomic mass is 9.94. The van der Waals surface area contributed by atoms with Crippen LogP contribution in [-0.2, 0) is 15.5 Å². The maximum absolute atomic E-state index is 14.5. The first kappa shape index (κ1) is 28.5. The fourth-order valence-corrected chi connectivity index (χ4v) is 4.99. The molecule has 0 aliphatic heterocycles. The largest absolute Gasteiger partial charge is 0.435 e. The number of sulfone groups is 1. The molecule has 0 fully saturated rings. The molecule has 0 atom stereocenters. The summed E-state index contributed by atoms with van der Waals surface area (Å²) in [6, 6.07) is 4.83. The number of hydrogen-bond donors (Lipinski definition) is 0. The van der Waals surface area contributed by atoms with Gasteiger partial charge >= 0.3 is 18.0 Å². The van der Waals surface area contributed by atoms with Crippen LogP contribution in [0.1, 0.15) is 15.9 Å². The van der Waals surface area contributed by atoms with Crippen molar-refractivity contribution in [3.63, 3.8) is 0 Å². The van der Waals surface area contributed by atoms with Crippen molar-refractivity contribution in [2.45, 2.75) is 18.0 Å². The van der Waals surface area contributed by atoms with Gasteiger partial charge in [-0.05, 0) is 56.1 Å². The highest BCUT2D eigenvalue weighted by molar-refractivity contribution is 9.11. The molecule has 0 radical (unpaired) electrons. The van der Waals surface area contributed by atoms with Crippen molar-refractivity contribution in [1.29, 1.82) is 0 Å². The van der Waals surface area contributed by atoms with Crippen LogP contribution in [0.4, 0.5) is 40.8 Å². The Labute approximate surface area is 205 Å². The van der Waals surface area contributed by atoms with Crippen molar-refractivity contribution in [2.75, 3.05) is 23.5 Å². The standard InChI is InChI=1S/C19H13Br2F8NO3S/c1-34(32,33)7-6-30(16(31)11-4-2-3-5-14(11)22)15-12(20)8-10(9-13(15)21)17(23,18(24,25)26)19(27,28)29/h2-5,8-9H,6-7H2,1H3. The molecule has 2 aromatic carbocycles. The molecule has 0 saturated heterocycles. The van der Waals surface area contributed by atoms with Gasteiger partial charge in [0.2, 0.25) is 0 Å². The van der Waals surface area contributed by atoms with Gasteiger partial charge in [-0.25, -0.2) is 17.2 Å². The third-order valence-corrected chi connectivity index (χ3v) is 6.63. The topological polar surface area (TPSA) is 54.5 Å². The molecule has 1 amide bonds. The van der Waals surface area contributed by atoms with E-state index in [0.717, 1.165) is 18.4 Å². The molecule has 188 valence electrons. The first-order valence-corrected chi connectivity index (χ1v) is 12.5. The lowest BCUT2D eigenvalue weighted by Gasteiger charge is -2.32. The van der Waals surface area contributed by atoms with Gasteiger partial charge in [-0.3, -0.25) is 4.79 Å². The molecular formula is C19H13Br2F8NO3S. The Balaban J connectivity index is 2.73.